The van der Waals surface area contributed by atoms with E-state index in [0.717, 1.165) is 25.9 Å². The van der Waals surface area contributed by atoms with Crippen LogP contribution in [-0.4, -0.2) is 18.8 Å². The van der Waals surface area contributed by atoms with Gasteiger partial charge in [0.05, 0.1) is 6.10 Å². The maximum absolute atomic E-state index is 6.17. The van der Waals surface area contributed by atoms with E-state index in [1.54, 1.807) is 0 Å². The highest BCUT2D eigenvalue weighted by Crippen LogP contribution is 2.22. The predicted molar refractivity (Wildman–Crippen MR) is 69.5 cm³/mol. The van der Waals surface area contributed by atoms with Crippen LogP contribution in [0.15, 0.2) is 0 Å². The number of ether oxygens (including phenoxy) is 1. The van der Waals surface area contributed by atoms with Crippen LogP contribution in [0.25, 0.3) is 0 Å². The molecule has 0 aliphatic heterocycles. The summed E-state index contributed by atoms with van der Waals surface area (Å²) in [6, 6.07) is 0.264. The second-order valence-electron chi connectivity index (χ2n) is 6.38. The van der Waals surface area contributed by atoms with Crippen molar-refractivity contribution in [2.45, 2.75) is 77.9 Å². The molecular weight excluding hydrogens is 198 g/mol. The van der Waals surface area contributed by atoms with Gasteiger partial charge in [0.25, 0.3) is 0 Å². The van der Waals surface area contributed by atoms with Crippen LogP contribution in [0.5, 0.6) is 0 Å². The summed E-state index contributed by atoms with van der Waals surface area (Å²) in [5, 5.41) is 0. The fraction of sp³-hybridized carbons (Fsp3) is 1.00. The third-order valence-electron chi connectivity index (χ3n) is 3.44. The van der Waals surface area contributed by atoms with Gasteiger partial charge in [-0.05, 0) is 24.7 Å². The molecule has 2 heteroatoms. The van der Waals surface area contributed by atoms with E-state index < -0.39 is 0 Å². The summed E-state index contributed by atoms with van der Waals surface area (Å²) >= 11 is 0. The Bertz CT molecular complexity index is 186. The van der Waals surface area contributed by atoms with Crippen molar-refractivity contribution in [3.8, 4) is 0 Å². The molecule has 1 rings (SSSR count). The molecule has 1 aliphatic rings. The van der Waals surface area contributed by atoms with Gasteiger partial charge in [0.1, 0.15) is 0 Å². The molecule has 2 atom stereocenters. The Kier molecular flexibility index (Phi) is 5.77. The Morgan fingerprint density at radius 3 is 2.31 bits per heavy atom. The minimum Gasteiger partial charge on any atom is -0.377 e. The molecule has 0 bridgehead atoms. The molecule has 2 nitrogen and oxygen atoms in total. The average Bonchev–Trinajstić information content (AvgIpc) is 2.15. The molecule has 0 amide bonds. The summed E-state index contributed by atoms with van der Waals surface area (Å²) in [6.07, 6.45) is 8.99. The van der Waals surface area contributed by atoms with E-state index in [4.69, 9.17) is 10.5 Å². The molecule has 1 saturated carbocycles. The Labute approximate surface area is 101 Å². The minimum absolute atomic E-state index is 0.264. The van der Waals surface area contributed by atoms with Gasteiger partial charge in [-0.3, -0.25) is 0 Å². The topological polar surface area (TPSA) is 35.2 Å². The summed E-state index contributed by atoms with van der Waals surface area (Å²) in [6.45, 7) is 7.64. The maximum Gasteiger partial charge on any atom is 0.0725 e. The van der Waals surface area contributed by atoms with Gasteiger partial charge < -0.3 is 10.5 Å². The fourth-order valence-electron chi connectivity index (χ4n) is 2.20. The summed E-state index contributed by atoms with van der Waals surface area (Å²) in [7, 11) is 0. The van der Waals surface area contributed by atoms with E-state index in [1.165, 1.54) is 25.7 Å². The second-order valence-corrected chi connectivity index (χ2v) is 6.38. The first-order chi connectivity index (χ1) is 7.49. The van der Waals surface area contributed by atoms with Gasteiger partial charge in [0.2, 0.25) is 0 Å². The lowest BCUT2D eigenvalue weighted by atomic mass is 9.92. The van der Waals surface area contributed by atoms with Gasteiger partial charge in [-0.1, -0.05) is 46.5 Å². The molecule has 0 aromatic rings. The molecule has 16 heavy (non-hydrogen) atoms. The Morgan fingerprint density at radius 1 is 1.06 bits per heavy atom. The number of nitrogens with two attached hydrogens (primary N) is 1. The summed E-state index contributed by atoms with van der Waals surface area (Å²) < 4.78 is 5.98. The highest BCUT2D eigenvalue weighted by atomic mass is 16.5. The molecular formula is C14H29NO. The van der Waals surface area contributed by atoms with Gasteiger partial charge >= 0.3 is 0 Å². The predicted octanol–water partition coefficient (Wildman–Crippen LogP) is 3.49. The zero-order valence-corrected chi connectivity index (χ0v) is 11.3. The number of hydrogen-bond donors (Lipinski definition) is 1. The van der Waals surface area contributed by atoms with Crippen molar-refractivity contribution in [1.29, 1.82) is 0 Å². The number of hydrogen-bond acceptors (Lipinski definition) is 2. The molecule has 2 N–H and O–H groups in total. The molecule has 0 aromatic carbocycles. The van der Waals surface area contributed by atoms with Crippen LogP contribution < -0.4 is 5.73 Å². The highest BCUT2D eigenvalue weighted by Gasteiger charge is 2.20. The van der Waals surface area contributed by atoms with Crippen LogP contribution in [-0.2, 0) is 4.74 Å². The smallest absolute Gasteiger partial charge is 0.0725 e. The van der Waals surface area contributed by atoms with Crippen molar-refractivity contribution < 1.29 is 4.74 Å². The molecule has 1 fully saturated rings. The maximum atomic E-state index is 6.17. The third kappa shape index (κ3) is 5.86. The van der Waals surface area contributed by atoms with Crippen LogP contribution in [0, 0.1) is 5.41 Å². The van der Waals surface area contributed by atoms with Crippen molar-refractivity contribution in [3.63, 3.8) is 0 Å². The SMILES string of the molecule is CC(C)(C)CCOC1CCCCCCC1N. The second kappa shape index (κ2) is 6.61. The van der Waals surface area contributed by atoms with Gasteiger partial charge in [0, 0.05) is 12.6 Å². The van der Waals surface area contributed by atoms with Crippen LogP contribution in [0.1, 0.15) is 65.7 Å². The van der Waals surface area contributed by atoms with Gasteiger partial charge in [-0.2, -0.15) is 0 Å². The first kappa shape index (κ1) is 14.0. The van der Waals surface area contributed by atoms with Crippen molar-refractivity contribution >= 4 is 0 Å². The van der Waals surface area contributed by atoms with Crippen LogP contribution in [0.3, 0.4) is 0 Å². The zero-order valence-electron chi connectivity index (χ0n) is 11.3. The van der Waals surface area contributed by atoms with Crippen molar-refractivity contribution in [3.05, 3.63) is 0 Å². The average molecular weight is 227 g/mol. The van der Waals surface area contributed by atoms with Crippen molar-refractivity contribution in [1.82, 2.24) is 0 Å². The van der Waals surface area contributed by atoms with Gasteiger partial charge in [0.15, 0.2) is 0 Å². The fourth-order valence-corrected chi connectivity index (χ4v) is 2.20. The summed E-state index contributed by atoms with van der Waals surface area (Å²) in [5.74, 6) is 0. The third-order valence-corrected chi connectivity index (χ3v) is 3.44. The molecule has 2 unspecified atom stereocenters. The van der Waals surface area contributed by atoms with E-state index in [9.17, 15) is 0 Å². The lowest BCUT2D eigenvalue weighted by molar-refractivity contribution is 0.0109. The first-order valence-corrected chi connectivity index (χ1v) is 6.86. The molecule has 0 radical (unpaired) electrons. The number of rotatable bonds is 3. The quantitative estimate of drug-likeness (QED) is 0.801. The first-order valence-electron chi connectivity index (χ1n) is 6.86. The molecule has 0 heterocycles. The lowest BCUT2D eigenvalue weighted by Crippen LogP contribution is -2.38. The van der Waals surface area contributed by atoms with Gasteiger partial charge in [-0.25, -0.2) is 0 Å². The Hall–Kier alpha value is -0.0800. The van der Waals surface area contributed by atoms with Crippen LogP contribution in [0.4, 0.5) is 0 Å². The zero-order chi connectivity index (χ0) is 12.0. The van der Waals surface area contributed by atoms with Crippen molar-refractivity contribution in [2.75, 3.05) is 6.61 Å². The van der Waals surface area contributed by atoms with Crippen molar-refractivity contribution in [2.24, 2.45) is 11.1 Å². The summed E-state index contributed by atoms with van der Waals surface area (Å²) in [4.78, 5) is 0. The summed E-state index contributed by atoms with van der Waals surface area (Å²) in [5.41, 5.74) is 6.54. The van der Waals surface area contributed by atoms with Crippen LogP contribution in [0.2, 0.25) is 0 Å². The molecule has 0 spiro atoms. The normalized spacial score (nSPS) is 28.5. The van der Waals surface area contributed by atoms with Crippen LogP contribution >= 0.6 is 0 Å². The van der Waals surface area contributed by atoms with E-state index >= 15 is 0 Å². The lowest BCUT2D eigenvalue weighted by Gasteiger charge is -2.28. The van der Waals surface area contributed by atoms with E-state index in [1.807, 2.05) is 0 Å². The van der Waals surface area contributed by atoms with E-state index in [0.29, 0.717) is 11.5 Å². The largest absolute Gasteiger partial charge is 0.377 e. The minimum atomic E-state index is 0.264. The van der Waals surface area contributed by atoms with E-state index in [-0.39, 0.29) is 6.04 Å². The van der Waals surface area contributed by atoms with Gasteiger partial charge in [-0.15, -0.1) is 0 Å². The monoisotopic (exact) mass is 227 g/mol. The Morgan fingerprint density at radius 2 is 1.69 bits per heavy atom. The standard InChI is InChI=1S/C14H29NO/c1-14(2,3)10-11-16-13-9-7-5-4-6-8-12(13)15/h12-13H,4-11,15H2,1-3H3. The molecule has 0 aromatic heterocycles. The highest BCUT2D eigenvalue weighted by molar-refractivity contribution is 4.76. The molecule has 96 valence electrons. The molecule has 1 aliphatic carbocycles. The van der Waals surface area contributed by atoms with E-state index in [2.05, 4.69) is 20.8 Å². The Balaban J connectivity index is 2.26. The molecule has 0 saturated heterocycles.